The lowest BCUT2D eigenvalue weighted by molar-refractivity contribution is -0.168. The van der Waals surface area contributed by atoms with E-state index in [4.69, 9.17) is 9.47 Å². The number of methoxy groups -OCH3 is 1. The second kappa shape index (κ2) is 5.21. The van der Waals surface area contributed by atoms with E-state index >= 15 is 0 Å². The Morgan fingerprint density at radius 2 is 2.04 bits per heavy atom. The number of hydrogen-bond donors (Lipinski definition) is 0. The summed E-state index contributed by atoms with van der Waals surface area (Å²) in [6.45, 7) is 5.59. The molecule has 28 heavy (non-hydrogen) atoms. The zero-order valence-electron chi connectivity index (χ0n) is 17.3. The lowest BCUT2D eigenvalue weighted by Gasteiger charge is -2.69. The summed E-state index contributed by atoms with van der Waals surface area (Å²) in [6, 6.07) is 4.74. The number of ether oxygens (including phenoxy) is 2. The van der Waals surface area contributed by atoms with Gasteiger partial charge in [-0.1, -0.05) is 17.2 Å². The van der Waals surface area contributed by atoms with Gasteiger partial charge in [0.25, 0.3) is 0 Å². The van der Waals surface area contributed by atoms with Crippen molar-refractivity contribution in [3.05, 3.63) is 34.4 Å². The quantitative estimate of drug-likeness (QED) is 0.698. The Balaban J connectivity index is 1.72. The maximum atomic E-state index is 13.5. The van der Waals surface area contributed by atoms with E-state index in [9.17, 15) is 4.79 Å². The van der Waals surface area contributed by atoms with E-state index in [0.717, 1.165) is 37.3 Å². The van der Waals surface area contributed by atoms with Gasteiger partial charge in [0.2, 0.25) is 0 Å². The van der Waals surface area contributed by atoms with Crippen LogP contribution in [0, 0.1) is 11.3 Å². The minimum absolute atomic E-state index is 0.0901. The van der Waals surface area contributed by atoms with Gasteiger partial charge in [0.15, 0.2) is 23.4 Å². The molecular formula is C24H29NO3. The average molecular weight is 380 g/mol. The van der Waals surface area contributed by atoms with Crippen LogP contribution in [0.1, 0.15) is 50.7 Å². The number of benzene rings is 1. The molecule has 2 spiro atoms. The van der Waals surface area contributed by atoms with Gasteiger partial charge in [-0.25, -0.2) is 0 Å². The summed E-state index contributed by atoms with van der Waals surface area (Å²) in [5.74, 6) is 2.29. The van der Waals surface area contributed by atoms with Gasteiger partial charge in [-0.3, -0.25) is 4.79 Å². The molecule has 1 saturated carbocycles. The summed E-state index contributed by atoms with van der Waals surface area (Å²) in [5, 5.41) is 0. The predicted molar refractivity (Wildman–Crippen MR) is 107 cm³/mol. The Kier molecular flexibility index (Phi) is 3.18. The van der Waals surface area contributed by atoms with Crippen molar-refractivity contribution in [1.29, 1.82) is 0 Å². The van der Waals surface area contributed by atoms with Gasteiger partial charge in [0.05, 0.1) is 12.5 Å². The van der Waals surface area contributed by atoms with Crippen LogP contribution in [-0.2, 0) is 16.6 Å². The summed E-state index contributed by atoms with van der Waals surface area (Å²) in [5.41, 5.74) is 5.56. The molecule has 0 aromatic heterocycles. The Morgan fingerprint density at radius 1 is 1.21 bits per heavy atom. The van der Waals surface area contributed by atoms with Crippen LogP contribution in [-0.4, -0.2) is 43.5 Å². The summed E-state index contributed by atoms with van der Waals surface area (Å²) in [7, 11) is 4.00. The van der Waals surface area contributed by atoms with E-state index in [2.05, 4.69) is 31.9 Å². The van der Waals surface area contributed by atoms with E-state index in [-0.39, 0.29) is 16.9 Å². The number of piperidine rings is 1. The number of allylic oxidation sites excluding steroid dienone is 2. The second-order valence-electron chi connectivity index (χ2n) is 9.78. The molecule has 5 unspecified atom stereocenters. The van der Waals surface area contributed by atoms with Gasteiger partial charge < -0.3 is 14.4 Å². The van der Waals surface area contributed by atoms with Gasteiger partial charge >= 0.3 is 0 Å². The predicted octanol–water partition coefficient (Wildman–Crippen LogP) is 3.66. The van der Waals surface area contributed by atoms with Crippen LogP contribution in [0.3, 0.4) is 0 Å². The normalized spacial score (nSPS) is 40.7. The average Bonchev–Trinajstić information content (AvgIpc) is 3.04. The summed E-state index contributed by atoms with van der Waals surface area (Å²) < 4.78 is 12.2. The highest BCUT2D eigenvalue weighted by atomic mass is 16.5. The zero-order valence-corrected chi connectivity index (χ0v) is 17.3. The smallest absolute Gasteiger partial charge is 0.174 e. The highest BCUT2D eigenvalue weighted by Crippen LogP contribution is 2.73. The molecule has 5 aliphatic rings. The fourth-order valence-corrected chi connectivity index (χ4v) is 7.97. The number of hydrogen-bond acceptors (Lipinski definition) is 4. The fourth-order valence-electron chi connectivity index (χ4n) is 7.97. The number of carbonyl (C=O) groups is 1. The Labute approximate surface area is 166 Å². The number of nitrogens with zero attached hydrogens (tertiary/aromatic N) is 1. The second-order valence-corrected chi connectivity index (χ2v) is 9.78. The molecule has 2 heterocycles. The third kappa shape index (κ3) is 1.60. The van der Waals surface area contributed by atoms with Crippen molar-refractivity contribution in [1.82, 2.24) is 4.90 Å². The van der Waals surface area contributed by atoms with E-state index in [1.54, 1.807) is 7.11 Å². The van der Waals surface area contributed by atoms with Crippen LogP contribution in [0.15, 0.2) is 23.3 Å². The molecule has 6 rings (SSSR count). The van der Waals surface area contributed by atoms with Gasteiger partial charge in [-0.15, -0.1) is 0 Å². The third-order valence-electron chi connectivity index (χ3n) is 9.22. The number of ketones is 1. The zero-order chi connectivity index (χ0) is 19.4. The summed E-state index contributed by atoms with van der Waals surface area (Å²) in [4.78, 5) is 16.1. The first-order valence-electron chi connectivity index (χ1n) is 10.7. The van der Waals surface area contributed by atoms with Gasteiger partial charge in [-0.2, -0.15) is 0 Å². The van der Waals surface area contributed by atoms with Crippen LogP contribution < -0.4 is 9.47 Å². The van der Waals surface area contributed by atoms with Gasteiger partial charge in [0, 0.05) is 23.4 Å². The lowest BCUT2D eigenvalue weighted by Crippen LogP contribution is -2.75. The van der Waals surface area contributed by atoms with E-state index in [1.807, 2.05) is 6.07 Å². The van der Waals surface area contributed by atoms with Crippen LogP contribution in [0.4, 0.5) is 0 Å². The number of likely N-dealkylation sites (tertiary alicyclic amines) is 1. The van der Waals surface area contributed by atoms with Crippen molar-refractivity contribution in [3.63, 3.8) is 0 Å². The van der Waals surface area contributed by atoms with E-state index < -0.39 is 0 Å². The molecular weight excluding hydrogens is 350 g/mol. The molecule has 1 aromatic rings. The molecule has 0 N–H and O–H groups in total. The maximum Gasteiger partial charge on any atom is 0.174 e. The summed E-state index contributed by atoms with van der Waals surface area (Å²) in [6.07, 6.45) is 4.66. The standard InChI is InChI=1S/C24H29NO3/c1-13-7-8-23-16(14(13)2)12-17(26)22-24(23)9-10-25(3)19(23)11-15-5-6-18(27-4)21(28-22)20(15)24/h5-6,16,19,22H,7-12H2,1-4H3. The molecule has 1 saturated heterocycles. The molecule has 0 amide bonds. The number of Topliss-reactive ketones (excluding diaryl/α,β-unsaturated/α-hetero) is 1. The molecule has 148 valence electrons. The minimum atomic E-state index is -0.337. The molecule has 2 aliphatic heterocycles. The van der Waals surface area contributed by atoms with Crippen molar-refractivity contribution >= 4 is 5.78 Å². The molecule has 3 aliphatic carbocycles. The highest BCUT2D eigenvalue weighted by molar-refractivity contribution is 5.90. The largest absolute Gasteiger partial charge is 0.493 e. The van der Waals surface area contributed by atoms with Crippen molar-refractivity contribution in [2.45, 2.75) is 63.5 Å². The Hall–Kier alpha value is -1.81. The third-order valence-corrected chi connectivity index (χ3v) is 9.22. The van der Waals surface area contributed by atoms with E-state index in [0.29, 0.717) is 24.2 Å². The Morgan fingerprint density at radius 3 is 2.82 bits per heavy atom. The fraction of sp³-hybridized carbons (Fsp3) is 0.625. The lowest BCUT2D eigenvalue weighted by atomic mass is 9.37. The number of likely N-dealkylation sites (N-methyl/N-ethyl adjacent to an activating group) is 1. The van der Waals surface area contributed by atoms with Crippen molar-refractivity contribution in [3.8, 4) is 11.5 Å². The van der Waals surface area contributed by atoms with Crippen LogP contribution >= 0.6 is 0 Å². The van der Waals surface area contributed by atoms with Crippen LogP contribution in [0.2, 0.25) is 0 Å². The molecule has 1 aromatic carbocycles. The van der Waals surface area contributed by atoms with Crippen LogP contribution in [0.25, 0.3) is 0 Å². The van der Waals surface area contributed by atoms with Gasteiger partial charge in [0.1, 0.15) is 0 Å². The highest BCUT2D eigenvalue weighted by Gasteiger charge is 2.75. The maximum absolute atomic E-state index is 13.5. The van der Waals surface area contributed by atoms with Crippen molar-refractivity contribution in [2.24, 2.45) is 11.3 Å². The molecule has 4 heteroatoms. The topological polar surface area (TPSA) is 38.8 Å². The molecule has 0 radical (unpaired) electrons. The van der Waals surface area contributed by atoms with Crippen molar-refractivity contribution in [2.75, 3.05) is 20.7 Å². The van der Waals surface area contributed by atoms with E-state index in [1.165, 1.54) is 28.7 Å². The molecule has 2 bridgehead atoms. The van der Waals surface area contributed by atoms with Gasteiger partial charge in [-0.05, 0) is 70.7 Å². The first-order chi connectivity index (χ1) is 13.5. The SMILES string of the molecule is COc1ccc2c3c1OC1C(=O)CC4C(C)=C(C)CCC45C(C2)N(C)CCC315. The summed E-state index contributed by atoms with van der Waals surface area (Å²) >= 11 is 0. The monoisotopic (exact) mass is 379 g/mol. The number of carbonyl (C=O) groups excluding carboxylic acids is 1. The Bertz CT molecular complexity index is 949. The first kappa shape index (κ1) is 17.1. The van der Waals surface area contributed by atoms with Crippen LogP contribution in [0.5, 0.6) is 11.5 Å². The minimum Gasteiger partial charge on any atom is -0.493 e. The molecule has 4 nitrogen and oxygen atoms in total. The molecule has 5 atom stereocenters. The van der Waals surface area contributed by atoms with Crippen molar-refractivity contribution < 1.29 is 14.3 Å². The molecule has 2 fully saturated rings. The number of rotatable bonds is 1. The first-order valence-corrected chi connectivity index (χ1v) is 10.7.